The molecule has 3 heteroatoms. The number of carbonyl (C=O) groups excluding carboxylic acids is 1. The summed E-state index contributed by atoms with van der Waals surface area (Å²) in [6.45, 7) is 1.58. The third-order valence-electron chi connectivity index (χ3n) is 3.15. The lowest BCUT2D eigenvalue weighted by molar-refractivity contribution is -0.121. The van der Waals surface area contributed by atoms with Gasteiger partial charge in [0.25, 0.3) is 0 Å². The molecule has 0 saturated carbocycles. The monoisotopic (exact) mass is 206 g/mol. The topological polar surface area (TPSA) is 57.5 Å². The van der Waals surface area contributed by atoms with E-state index in [4.69, 9.17) is 0 Å². The molecule has 0 spiro atoms. The minimum absolute atomic E-state index is 0.00907. The number of aromatic hydroxyl groups is 2. The van der Waals surface area contributed by atoms with Gasteiger partial charge in [0.2, 0.25) is 0 Å². The van der Waals surface area contributed by atoms with E-state index in [0.717, 1.165) is 17.5 Å². The molecule has 1 atom stereocenters. The van der Waals surface area contributed by atoms with Gasteiger partial charge < -0.3 is 10.2 Å². The molecule has 0 saturated heterocycles. The smallest absolute Gasteiger partial charge is 0.133 e. The van der Waals surface area contributed by atoms with Crippen LogP contribution in [0.2, 0.25) is 0 Å². The summed E-state index contributed by atoms with van der Waals surface area (Å²) in [5.74, 6) is 0.562. The molecule has 0 heterocycles. The zero-order valence-electron chi connectivity index (χ0n) is 8.66. The van der Waals surface area contributed by atoms with Crippen molar-refractivity contribution in [3.8, 4) is 11.5 Å². The van der Waals surface area contributed by atoms with Crippen molar-refractivity contribution in [2.24, 2.45) is 5.92 Å². The van der Waals surface area contributed by atoms with Crippen LogP contribution in [0, 0.1) is 5.92 Å². The van der Waals surface area contributed by atoms with E-state index in [1.165, 1.54) is 12.1 Å². The summed E-state index contributed by atoms with van der Waals surface area (Å²) in [7, 11) is 0. The molecule has 0 aromatic heterocycles. The van der Waals surface area contributed by atoms with Gasteiger partial charge in [-0.05, 0) is 38.3 Å². The highest BCUT2D eigenvalue weighted by molar-refractivity contribution is 5.79. The summed E-state index contributed by atoms with van der Waals surface area (Å²) in [5.41, 5.74) is 1.54. The molecule has 1 unspecified atom stereocenters. The summed E-state index contributed by atoms with van der Waals surface area (Å²) >= 11 is 0. The summed E-state index contributed by atoms with van der Waals surface area (Å²) in [6, 6.07) is 2.99. The molecule has 0 amide bonds. The fourth-order valence-electron chi connectivity index (χ4n) is 2.19. The fraction of sp³-hybridized carbons (Fsp3) is 0.417. The average Bonchev–Trinajstić information content (AvgIpc) is 2.23. The van der Waals surface area contributed by atoms with Gasteiger partial charge in [-0.15, -0.1) is 0 Å². The molecule has 3 nitrogen and oxygen atoms in total. The molecule has 2 rings (SSSR count). The van der Waals surface area contributed by atoms with Crippen molar-refractivity contribution >= 4 is 5.78 Å². The Morgan fingerprint density at radius 1 is 1.27 bits per heavy atom. The lowest BCUT2D eigenvalue weighted by atomic mass is 9.81. The number of hydrogen-bond acceptors (Lipinski definition) is 3. The fourth-order valence-corrected chi connectivity index (χ4v) is 2.19. The van der Waals surface area contributed by atoms with Gasteiger partial charge in [0, 0.05) is 17.0 Å². The Morgan fingerprint density at radius 3 is 2.47 bits per heavy atom. The van der Waals surface area contributed by atoms with Gasteiger partial charge in [-0.3, -0.25) is 4.79 Å². The first-order chi connectivity index (χ1) is 7.09. The third-order valence-corrected chi connectivity index (χ3v) is 3.15. The second kappa shape index (κ2) is 3.57. The second-order valence-corrected chi connectivity index (χ2v) is 4.11. The van der Waals surface area contributed by atoms with Gasteiger partial charge in [-0.2, -0.15) is 0 Å². The lowest BCUT2D eigenvalue weighted by Crippen LogP contribution is -2.20. The Morgan fingerprint density at radius 2 is 1.87 bits per heavy atom. The number of fused-ring (bicyclic) bond motifs is 1. The van der Waals surface area contributed by atoms with Crippen molar-refractivity contribution < 1.29 is 15.0 Å². The van der Waals surface area contributed by atoms with Gasteiger partial charge in [0.1, 0.15) is 17.3 Å². The van der Waals surface area contributed by atoms with Crippen molar-refractivity contribution in [2.45, 2.75) is 26.2 Å². The number of benzene rings is 1. The Balaban J connectivity index is 2.41. The van der Waals surface area contributed by atoms with Crippen molar-refractivity contribution in [2.75, 3.05) is 0 Å². The molecule has 0 bridgehead atoms. The molecule has 80 valence electrons. The maximum absolute atomic E-state index is 11.3. The summed E-state index contributed by atoms with van der Waals surface area (Å²) < 4.78 is 0. The Kier molecular flexibility index (Phi) is 2.39. The molecule has 0 aliphatic heterocycles. The SMILES string of the molecule is CC(=O)C1CCc2c(O)ccc(O)c2C1. The Hall–Kier alpha value is -1.51. The summed E-state index contributed by atoms with van der Waals surface area (Å²) in [4.78, 5) is 11.3. The second-order valence-electron chi connectivity index (χ2n) is 4.11. The number of phenolic OH excluding ortho intramolecular Hbond substituents is 2. The first-order valence-electron chi connectivity index (χ1n) is 5.12. The normalized spacial score (nSPS) is 19.7. The molecular weight excluding hydrogens is 192 g/mol. The van der Waals surface area contributed by atoms with E-state index in [9.17, 15) is 15.0 Å². The van der Waals surface area contributed by atoms with Gasteiger partial charge in [-0.25, -0.2) is 0 Å². The van der Waals surface area contributed by atoms with Crippen LogP contribution in [0.5, 0.6) is 11.5 Å². The Bertz CT molecular complexity index is 410. The minimum Gasteiger partial charge on any atom is -0.508 e. The molecule has 0 radical (unpaired) electrons. The number of rotatable bonds is 1. The lowest BCUT2D eigenvalue weighted by Gasteiger charge is -2.23. The van der Waals surface area contributed by atoms with Gasteiger partial charge in [0.15, 0.2) is 0 Å². The van der Waals surface area contributed by atoms with Gasteiger partial charge in [-0.1, -0.05) is 0 Å². The number of Topliss-reactive ketones (excluding diaryl/α,β-unsaturated/α-hetero) is 1. The minimum atomic E-state index is -0.00907. The van der Waals surface area contributed by atoms with Crippen molar-refractivity contribution in [3.05, 3.63) is 23.3 Å². The van der Waals surface area contributed by atoms with Crippen LogP contribution in [0.4, 0.5) is 0 Å². The number of hydrogen-bond donors (Lipinski definition) is 2. The average molecular weight is 206 g/mol. The van der Waals surface area contributed by atoms with Crippen LogP contribution in [0.15, 0.2) is 12.1 Å². The first kappa shape index (κ1) is 10.0. The van der Waals surface area contributed by atoms with Crippen LogP contribution < -0.4 is 0 Å². The molecule has 2 N–H and O–H groups in total. The number of carbonyl (C=O) groups is 1. The zero-order chi connectivity index (χ0) is 11.0. The zero-order valence-corrected chi connectivity index (χ0v) is 8.66. The van der Waals surface area contributed by atoms with E-state index in [2.05, 4.69) is 0 Å². The summed E-state index contributed by atoms with van der Waals surface area (Å²) in [6.07, 6.45) is 1.98. The number of ketones is 1. The third kappa shape index (κ3) is 1.69. The highest BCUT2D eigenvalue weighted by atomic mass is 16.3. The molecule has 1 aliphatic carbocycles. The predicted molar refractivity (Wildman–Crippen MR) is 56.0 cm³/mol. The van der Waals surface area contributed by atoms with E-state index in [-0.39, 0.29) is 23.2 Å². The van der Waals surface area contributed by atoms with Crippen molar-refractivity contribution in [1.82, 2.24) is 0 Å². The van der Waals surface area contributed by atoms with Crippen LogP contribution in [-0.4, -0.2) is 16.0 Å². The Labute approximate surface area is 88.4 Å². The molecule has 1 aliphatic rings. The summed E-state index contributed by atoms with van der Waals surface area (Å²) in [5, 5.41) is 19.3. The van der Waals surface area contributed by atoms with Crippen molar-refractivity contribution in [1.29, 1.82) is 0 Å². The highest BCUT2D eigenvalue weighted by Crippen LogP contribution is 2.36. The van der Waals surface area contributed by atoms with Crippen LogP contribution >= 0.6 is 0 Å². The number of phenols is 2. The van der Waals surface area contributed by atoms with E-state index in [1.807, 2.05) is 0 Å². The highest BCUT2D eigenvalue weighted by Gasteiger charge is 2.25. The molecule has 0 fully saturated rings. The van der Waals surface area contributed by atoms with E-state index >= 15 is 0 Å². The molecule has 15 heavy (non-hydrogen) atoms. The molecule has 1 aromatic rings. The molecular formula is C12H14O3. The predicted octanol–water partition coefficient (Wildman–Crippen LogP) is 1.79. The van der Waals surface area contributed by atoms with Crippen molar-refractivity contribution in [3.63, 3.8) is 0 Å². The van der Waals surface area contributed by atoms with Gasteiger partial charge in [0.05, 0.1) is 0 Å². The van der Waals surface area contributed by atoms with E-state index in [0.29, 0.717) is 12.8 Å². The standard InChI is InChI=1S/C12H14O3/c1-7(13)8-2-3-9-10(6-8)12(15)5-4-11(9)14/h4-5,8,14-15H,2-3,6H2,1H3. The van der Waals surface area contributed by atoms with E-state index < -0.39 is 0 Å². The van der Waals surface area contributed by atoms with Gasteiger partial charge >= 0.3 is 0 Å². The van der Waals surface area contributed by atoms with Crippen LogP contribution in [-0.2, 0) is 17.6 Å². The first-order valence-corrected chi connectivity index (χ1v) is 5.12. The van der Waals surface area contributed by atoms with Crippen LogP contribution in [0.1, 0.15) is 24.5 Å². The maximum atomic E-state index is 11.3. The maximum Gasteiger partial charge on any atom is 0.133 e. The van der Waals surface area contributed by atoms with E-state index in [1.54, 1.807) is 6.92 Å². The quantitative estimate of drug-likeness (QED) is 0.689. The molecule has 1 aromatic carbocycles. The largest absolute Gasteiger partial charge is 0.508 e. The van der Waals surface area contributed by atoms with Crippen LogP contribution in [0.3, 0.4) is 0 Å². The van der Waals surface area contributed by atoms with Crippen LogP contribution in [0.25, 0.3) is 0 Å².